The van der Waals surface area contributed by atoms with E-state index < -0.39 is 9.84 Å². The summed E-state index contributed by atoms with van der Waals surface area (Å²) in [7, 11) is -3.31. The Labute approximate surface area is 135 Å². The van der Waals surface area contributed by atoms with E-state index in [2.05, 4.69) is 9.97 Å². The fourth-order valence-corrected chi connectivity index (χ4v) is 4.34. The van der Waals surface area contributed by atoms with Gasteiger partial charge in [0.1, 0.15) is 5.82 Å². The van der Waals surface area contributed by atoms with Crippen LogP contribution in [0.3, 0.4) is 0 Å². The Bertz CT molecular complexity index is 798. The largest absolute Gasteiger partial charge is 0.382 e. The number of hydrogen-bond acceptors (Lipinski definition) is 6. The highest BCUT2D eigenvalue weighted by molar-refractivity contribution is 7.92. The fourth-order valence-electron chi connectivity index (χ4n) is 2.62. The van der Waals surface area contributed by atoms with Gasteiger partial charge >= 0.3 is 0 Å². The lowest BCUT2D eigenvalue weighted by atomic mass is 10.1. The van der Waals surface area contributed by atoms with E-state index in [9.17, 15) is 8.42 Å². The van der Waals surface area contributed by atoms with Gasteiger partial charge in [0.2, 0.25) is 0 Å². The van der Waals surface area contributed by atoms with Crippen LogP contribution in [-0.4, -0.2) is 36.8 Å². The lowest BCUT2D eigenvalue weighted by Crippen LogP contribution is -2.28. The van der Waals surface area contributed by atoms with Gasteiger partial charge in [-0.2, -0.15) is 0 Å². The molecule has 2 heterocycles. The molecule has 1 saturated heterocycles. The van der Waals surface area contributed by atoms with Gasteiger partial charge in [0.05, 0.1) is 27.7 Å². The maximum Gasteiger partial charge on any atom is 0.181 e. The number of nitrogens with two attached hydrogens (primary N) is 1. The van der Waals surface area contributed by atoms with Gasteiger partial charge in [-0.25, -0.2) is 18.4 Å². The molecule has 7 heteroatoms. The van der Waals surface area contributed by atoms with Crippen LogP contribution in [0.5, 0.6) is 0 Å². The lowest BCUT2D eigenvalue weighted by Gasteiger charge is -2.22. The third-order valence-corrected chi connectivity index (χ3v) is 6.35. The molecule has 0 spiro atoms. The number of anilines is 1. The van der Waals surface area contributed by atoms with Crippen LogP contribution in [0, 0.1) is 6.92 Å². The van der Waals surface area contributed by atoms with Gasteiger partial charge in [-0.1, -0.05) is 12.1 Å². The van der Waals surface area contributed by atoms with Crippen molar-refractivity contribution in [1.82, 2.24) is 9.97 Å². The number of sulfone groups is 1. The Morgan fingerprint density at radius 1 is 1.17 bits per heavy atom. The molecule has 1 aromatic heterocycles. The normalized spacial score (nSPS) is 16.4. The minimum Gasteiger partial charge on any atom is -0.382 e. The van der Waals surface area contributed by atoms with E-state index in [-0.39, 0.29) is 5.25 Å². The van der Waals surface area contributed by atoms with Crippen molar-refractivity contribution in [3.63, 3.8) is 0 Å². The first kappa shape index (κ1) is 15.9. The molecule has 0 atom stereocenters. The van der Waals surface area contributed by atoms with Gasteiger partial charge in [-0.05, 0) is 31.9 Å². The minimum absolute atomic E-state index is 0.341. The summed E-state index contributed by atoms with van der Waals surface area (Å²) >= 11 is 0. The van der Waals surface area contributed by atoms with Crippen molar-refractivity contribution in [2.24, 2.45) is 0 Å². The Kier molecular flexibility index (Phi) is 4.32. The second-order valence-electron chi connectivity index (χ2n) is 5.61. The topological polar surface area (TPSA) is 95.2 Å². The molecule has 1 fully saturated rings. The first-order chi connectivity index (χ1) is 11.0. The Morgan fingerprint density at radius 2 is 1.83 bits per heavy atom. The van der Waals surface area contributed by atoms with Gasteiger partial charge in [0.15, 0.2) is 9.84 Å². The van der Waals surface area contributed by atoms with Gasteiger partial charge in [-0.3, -0.25) is 0 Å². The van der Waals surface area contributed by atoms with Gasteiger partial charge < -0.3 is 10.5 Å². The Balaban J connectivity index is 1.88. The third kappa shape index (κ3) is 3.20. The second-order valence-corrected chi connectivity index (χ2v) is 7.84. The average molecular weight is 333 g/mol. The number of nitrogens with zero attached hydrogens (tertiary/aromatic N) is 2. The lowest BCUT2D eigenvalue weighted by molar-refractivity contribution is 0.0983. The average Bonchev–Trinajstić information content (AvgIpc) is 2.58. The smallest absolute Gasteiger partial charge is 0.181 e. The molecule has 2 aromatic rings. The quantitative estimate of drug-likeness (QED) is 0.923. The van der Waals surface area contributed by atoms with E-state index in [4.69, 9.17) is 10.5 Å². The maximum atomic E-state index is 12.6. The number of hydrogen-bond donors (Lipinski definition) is 1. The van der Waals surface area contributed by atoms with Crippen LogP contribution in [0.2, 0.25) is 0 Å². The molecule has 23 heavy (non-hydrogen) atoms. The van der Waals surface area contributed by atoms with Crippen LogP contribution in [-0.2, 0) is 14.6 Å². The number of aromatic nitrogens is 2. The van der Waals surface area contributed by atoms with Crippen LogP contribution >= 0.6 is 0 Å². The predicted octanol–water partition coefficient (Wildman–Crippen LogP) is 1.99. The summed E-state index contributed by atoms with van der Waals surface area (Å²) in [4.78, 5) is 8.79. The predicted molar refractivity (Wildman–Crippen MR) is 87.6 cm³/mol. The van der Waals surface area contributed by atoms with Gasteiger partial charge in [-0.15, -0.1) is 0 Å². The zero-order chi connectivity index (χ0) is 16.4. The highest BCUT2D eigenvalue weighted by Crippen LogP contribution is 2.26. The molecule has 0 radical (unpaired) electrons. The standard InChI is InChI=1S/C16H19N3O3S/c1-11-16(17)18-10-15(19-11)12-2-4-13(5-3-12)23(20,21)14-6-8-22-9-7-14/h2-5,10,14H,6-9H2,1H3,(H2,17,18). The molecule has 122 valence electrons. The Morgan fingerprint density at radius 3 is 2.43 bits per heavy atom. The van der Waals surface area contributed by atoms with Crippen LogP contribution in [0.1, 0.15) is 18.5 Å². The molecule has 2 N–H and O–H groups in total. The van der Waals surface area contributed by atoms with Crippen molar-refractivity contribution >= 4 is 15.7 Å². The zero-order valence-corrected chi connectivity index (χ0v) is 13.7. The van der Waals surface area contributed by atoms with Crippen molar-refractivity contribution in [3.05, 3.63) is 36.2 Å². The van der Waals surface area contributed by atoms with Crippen LogP contribution < -0.4 is 5.73 Å². The summed E-state index contributed by atoms with van der Waals surface area (Å²) in [6.07, 6.45) is 2.68. The van der Waals surface area contributed by atoms with Crippen molar-refractivity contribution in [3.8, 4) is 11.3 Å². The second kappa shape index (κ2) is 6.25. The maximum absolute atomic E-state index is 12.6. The number of benzene rings is 1. The Hall–Kier alpha value is -1.99. The number of nitrogen functional groups attached to an aromatic ring is 1. The molecule has 1 aliphatic rings. The minimum atomic E-state index is -3.31. The van der Waals surface area contributed by atoms with Crippen LogP contribution in [0.25, 0.3) is 11.3 Å². The van der Waals surface area contributed by atoms with Gasteiger partial charge in [0.25, 0.3) is 0 Å². The third-order valence-electron chi connectivity index (χ3n) is 4.07. The molecule has 6 nitrogen and oxygen atoms in total. The molecule has 1 aromatic carbocycles. The highest BCUT2D eigenvalue weighted by atomic mass is 32.2. The SMILES string of the molecule is Cc1nc(-c2ccc(S(=O)(=O)C3CCOCC3)cc2)cnc1N. The molecule has 0 aliphatic carbocycles. The van der Waals surface area contributed by atoms with Gasteiger partial charge in [0, 0.05) is 18.8 Å². The van der Waals surface area contributed by atoms with Crippen LogP contribution in [0.15, 0.2) is 35.4 Å². The molecule has 3 rings (SSSR count). The van der Waals surface area contributed by atoms with E-state index >= 15 is 0 Å². The molecule has 0 bridgehead atoms. The van der Waals surface area contributed by atoms with E-state index in [1.54, 1.807) is 37.4 Å². The van der Waals surface area contributed by atoms with E-state index in [1.807, 2.05) is 0 Å². The molecule has 0 amide bonds. The fraction of sp³-hybridized carbons (Fsp3) is 0.375. The molecule has 0 saturated carbocycles. The van der Waals surface area contributed by atoms with Crippen LogP contribution in [0.4, 0.5) is 5.82 Å². The summed E-state index contributed by atoms with van der Waals surface area (Å²) in [5.41, 5.74) is 7.81. The molecular formula is C16H19N3O3S. The zero-order valence-electron chi connectivity index (χ0n) is 12.9. The highest BCUT2D eigenvalue weighted by Gasteiger charge is 2.29. The van der Waals surface area contributed by atoms with Crippen molar-refractivity contribution < 1.29 is 13.2 Å². The van der Waals surface area contributed by atoms with Crippen molar-refractivity contribution in [2.45, 2.75) is 29.9 Å². The van der Waals surface area contributed by atoms with Crippen molar-refractivity contribution in [1.29, 1.82) is 0 Å². The van der Waals surface area contributed by atoms with E-state index in [0.717, 1.165) is 5.56 Å². The summed E-state index contributed by atoms with van der Waals surface area (Å²) < 4.78 is 30.5. The first-order valence-corrected chi connectivity index (χ1v) is 9.04. The van der Waals surface area contributed by atoms with E-state index in [1.165, 1.54) is 0 Å². The monoisotopic (exact) mass is 333 g/mol. The number of rotatable bonds is 3. The molecular weight excluding hydrogens is 314 g/mol. The summed E-state index contributed by atoms with van der Waals surface area (Å²) in [6, 6.07) is 6.78. The first-order valence-electron chi connectivity index (χ1n) is 7.49. The molecule has 1 aliphatic heterocycles. The molecule has 0 unspecified atom stereocenters. The number of ether oxygens (including phenoxy) is 1. The summed E-state index contributed by atoms with van der Waals surface area (Å²) in [5, 5.41) is -0.361. The number of aryl methyl sites for hydroxylation is 1. The van der Waals surface area contributed by atoms with E-state index in [0.29, 0.717) is 48.2 Å². The summed E-state index contributed by atoms with van der Waals surface area (Å²) in [6.45, 7) is 2.79. The van der Waals surface area contributed by atoms with Crippen molar-refractivity contribution in [2.75, 3.05) is 18.9 Å². The summed E-state index contributed by atoms with van der Waals surface area (Å²) in [5.74, 6) is 0.396.